The van der Waals surface area contributed by atoms with Gasteiger partial charge in [-0.3, -0.25) is 14.6 Å². The summed E-state index contributed by atoms with van der Waals surface area (Å²) < 4.78 is 1.88. The normalized spacial score (nSPS) is 16.2. The lowest BCUT2D eigenvalue weighted by Gasteiger charge is -2.25. The fourth-order valence-electron chi connectivity index (χ4n) is 3.83. The van der Waals surface area contributed by atoms with Gasteiger partial charge in [-0.2, -0.15) is 5.10 Å². The van der Waals surface area contributed by atoms with E-state index in [1.807, 2.05) is 17.9 Å². The minimum atomic E-state index is 0.971. The lowest BCUT2D eigenvalue weighted by Crippen LogP contribution is -2.30. The van der Waals surface area contributed by atoms with Gasteiger partial charge in [0, 0.05) is 68.3 Å². The zero-order chi connectivity index (χ0) is 17.9. The molecule has 0 bridgehead atoms. The summed E-state index contributed by atoms with van der Waals surface area (Å²) in [6.45, 7) is 7.53. The van der Waals surface area contributed by atoms with Crippen molar-refractivity contribution in [1.29, 1.82) is 0 Å². The maximum Gasteiger partial charge on any atom is 0.0726 e. The van der Waals surface area contributed by atoms with Gasteiger partial charge in [0.1, 0.15) is 0 Å². The topological polar surface area (TPSA) is 37.2 Å². The molecule has 0 spiro atoms. The Morgan fingerprint density at radius 2 is 1.96 bits per heavy atom. The molecule has 0 N–H and O–H groups in total. The third kappa shape index (κ3) is 3.58. The molecule has 1 aliphatic heterocycles. The Bertz CT molecular complexity index is 885. The lowest BCUT2D eigenvalue weighted by molar-refractivity contribution is 0.285. The van der Waals surface area contributed by atoms with Crippen molar-refractivity contribution in [3.05, 3.63) is 54.0 Å². The Morgan fingerprint density at radius 3 is 2.77 bits per heavy atom. The summed E-state index contributed by atoms with van der Waals surface area (Å²) in [5.74, 6) is 0. The van der Waals surface area contributed by atoms with E-state index in [0.717, 1.165) is 44.7 Å². The average molecular weight is 349 g/mol. The van der Waals surface area contributed by atoms with Crippen molar-refractivity contribution in [2.24, 2.45) is 7.05 Å². The number of benzene rings is 1. The highest BCUT2D eigenvalue weighted by Crippen LogP contribution is 2.28. The van der Waals surface area contributed by atoms with Gasteiger partial charge in [0.05, 0.1) is 11.7 Å². The molecule has 0 unspecified atom stereocenters. The number of hydrogen-bond donors (Lipinski definition) is 0. The molecular formula is C21H27N5. The Balaban J connectivity index is 1.54. The number of aryl methyl sites for hydroxylation is 2. The molecule has 1 aliphatic rings. The van der Waals surface area contributed by atoms with E-state index in [2.05, 4.69) is 58.4 Å². The highest BCUT2D eigenvalue weighted by molar-refractivity contribution is 5.92. The summed E-state index contributed by atoms with van der Waals surface area (Å²) in [5, 5.41) is 5.56. The molecule has 136 valence electrons. The van der Waals surface area contributed by atoms with Crippen LogP contribution in [0.4, 0.5) is 5.69 Å². The molecule has 0 radical (unpaired) electrons. The van der Waals surface area contributed by atoms with E-state index in [4.69, 9.17) is 4.98 Å². The summed E-state index contributed by atoms with van der Waals surface area (Å²) in [5.41, 5.74) is 4.92. The first-order valence-electron chi connectivity index (χ1n) is 9.56. The predicted molar refractivity (Wildman–Crippen MR) is 106 cm³/mol. The van der Waals surface area contributed by atoms with E-state index in [9.17, 15) is 0 Å². The van der Waals surface area contributed by atoms with E-state index >= 15 is 0 Å². The van der Waals surface area contributed by atoms with Crippen molar-refractivity contribution in [3.8, 4) is 0 Å². The summed E-state index contributed by atoms with van der Waals surface area (Å²) in [6, 6.07) is 10.8. The second-order valence-corrected chi connectivity index (χ2v) is 7.14. The van der Waals surface area contributed by atoms with Crippen molar-refractivity contribution in [2.75, 3.05) is 31.1 Å². The number of nitrogens with zero attached hydrogens (tertiary/aromatic N) is 5. The van der Waals surface area contributed by atoms with Crippen LogP contribution < -0.4 is 4.90 Å². The van der Waals surface area contributed by atoms with Crippen LogP contribution in [0, 0.1) is 0 Å². The van der Waals surface area contributed by atoms with Gasteiger partial charge >= 0.3 is 0 Å². The minimum absolute atomic E-state index is 0.971. The third-order valence-corrected chi connectivity index (χ3v) is 5.20. The maximum atomic E-state index is 4.80. The average Bonchev–Trinajstić information content (AvgIpc) is 2.93. The molecule has 1 saturated heterocycles. The minimum Gasteiger partial charge on any atom is -0.370 e. The molecule has 3 heterocycles. The smallest absolute Gasteiger partial charge is 0.0726 e. The van der Waals surface area contributed by atoms with E-state index in [1.54, 1.807) is 0 Å². The van der Waals surface area contributed by atoms with Crippen LogP contribution in [0.25, 0.3) is 10.9 Å². The molecule has 4 rings (SSSR count). The number of anilines is 1. The Morgan fingerprint density at radius 1 is 1.08 bits per heavy atom. The number of fused-ring (bicyclic) bond motifs is 1. The van der Waals surface area contributed by atoms with Gasteiger partial charge in [-0.05, 0) is 25.0 Å². The fourth-order valence-corrected chi connectivity index (χ4v) is 3.83. The molecule has 0 aliphatic carbocycles. The molecule has 0 amide bonds. The van der Waals surface area contributed by atoms with Crippen LogP contribution in [-0.4, -0.2) is 45.8 Å². The van der Waals surface area contributed by atoms with Crippen molar-refractivity contribution in [1.82, 2.24) is 19.7 Å². The summed E-state index contributed by atoms with van der Waals surface area (Å²) >= 11 is 0. The zero-order valence-corrected chi connectivity index (χ0v) is 15.7. The van der Waals surface area contributed by atoms with Crippen LogP contribution in [0.1, 0.15) is 24.6 Å². The van der Waals surface area contributed by atoms with Crippen LogP contribution in [0.15, 0.2) is 42.7 Å². The molecule has 0 saturated carbocycles. The van der Waals surface area contributed by atoms with Crippen molar-refractivity contribution in [2.45, 2.75) is 26.3 Å². The van der Waals surface area contributed by atoms with Crippen molar-refractivity contribution in [3.63, 3.8) is 0 Å². The van der Waals surface area contributed by atoms with E-state index in [1.165, 1.54) is 28.8 Å². The van der Waals surface area contributed by atoms with Gasteiger partial charge in [0.2, 0.25) is 0 Å². The van der Waals surface area contributed by atoms with Gasteiger partial charge in [0.25, 0.3) is 0 Å². The van der Waals surface area contributed by atoms with Gasteiger partial charge in [-0.1, -0.05) is 25.1 Å². The Kier molecular flexibility index (Phi) is 4.89. The highest BCUT2D eigenvalue weighted by Gasteiger charge is 2.18. The van der Waals surface area contributed by atoms with E-state index in [0.29, 0.717) is 0 Å². The second-order valence-electron chi connectivity index (χ2n) is 7.14. The number of rotatable bonds is 4. The van der Waals surface area contributed by atoms with Gasteiger partial charge in [-0.15, -0.1) is 0 Å². The molecule has 1 aromatic carbocycles. The standard InChI is InChI=1S/C21H27N5/c1-3-18-13-21(19-7-4-5-8-20(19)23-18)26-10-6-9-25(11-12-26)16-17-14-22-24(2)15-17/h4-5,7-8,13-15H,3,6,9-12,16H2,1-2H3. The van der Waals surface area contributed by atoms with Crippen LogP contribution >= 0.6 is 0 Å². The third-order valence-electron chi connectivity index (χ3n) is 5.20. The molecule has 0 atom stereocenters. The number of para-hydroxylation sites is 1. The number of pyridine rings is 1. The van der Waals surface area contributed by atoms with Gasteiger partial charge < -0.3 is 4.90 Å². The fraction of sp³-hybridized carbons (Fsp3) is 0.429. The van der Waals surface area contributed by atoms with Gasteiger partial charge in [-0.25, -0.2) is 0 Å². The zero-order valence-electron chi connectivity index (χ0n) is 15.7. The molecule has 1 fully saturated rings. The number of aromatic nitrogens is 3. The monoisotopic (exact) mass is 349 g/mol. The van der Waals surface area contributed by atoms with Crippen LogP contribution in [-0.2, 0) is 20.0 Å². The first-order valence-corrected chi connectivity index (χ1v) is 9.56. The molecular weight excluding hydrogens is 322 g/mol. The van der Waals surface area contributed by atoms with Crippen LogP contribution in [0.3, 0.4) is 0 Å². The molecule has 5 nitrogen and oxygen atoms in total. The van der Waals surface area contributed by atoms with Gasteiger partial charge in [0.15, 0.2) is 0 Å². The van der Waals surface area contributed by atoms with Crippen molar-refractivity contribution < 1.29 is 0 Å². The lowest BCUT2D eigenvalue weighted by atomic mass is 10.1. The summed E-state index contributed by atoms with van der Waals surface area (Å²) in [4.78, 5) is 9.89. The molecule has 5 heteroatoms. The van der Waals surface area contributed by atoms with Crippen LogP contribution in [0.5, 0.6) is 0 Å². The molecule has 26 heavy (non-hydrogen) atoms. The maximum absolute atomic E-state index is 4.80. The predicted octanol–water partition coefficient (Wildman–Crippen LogP) is 3.24. The summed E-state index contributed by atoms with van der Waals surface area (Å²) in [6.07, 6.45) is 6.25. The molecule has 3 aromatic rings. The summed E-state index contributed by atoms with van der Waals surface area (Å²) in [7, 11) is 1.98. The second kappa shape index (κ2) is 7.46. The number of hydrogen-bond acceptors (Lipinski definition) is 4. The SMILES string of the molecule is CCc1cc(N2CCCN(Cc3cnn(C)c3)CC2)c2ccccc2n1. The van der Waals surface area contributed by atoms with E-state index in [-0.39, 0.29) is 0 Å². The first kappa shape index (κ1) is 17.0. The molecule has 2 aromatic heterocycles. The quantitative estimate of drug-likeness (QED) is 0.725. The Hall–Kier alpha value is -2.40. The Labute approximate surface area is 155 Å². The largest absolute Gasteiger partial charge is 0.370 e. The highest BCUT2D eigenvalue weighted by atomic mass is 15.3. The van der Waals surface area contributed by atoms with Crippen molar-refractivity contribution >= 4 is 16.6 Å². The first-order chi connectivity index (χ1) is 12.7. The van der Waals surface area contributed by atoms with Crippen LogP contribution in [0.2, 0.25) is 0 Å². The van der Waals surface area contributed by atoms with E-state index < -0.39 is 0 Å².